The molecule has 0 aromatic heterocycles. The van der Waals surface area contributed by atoms with Crippen molar-refractivity contribution < 1.29 is 4.43 Å². The number of benzene rings is 1. The second kappa shape index (κ2) is 3.29. The summed E-state index contributed by atoms with van der Waals surface area (Å²) in [7, 11) is 0.739. The Bertz CT molecular complexity index is 273. The molecule has 3 heteroatoms. The Morgan fingerprint density at radius 3 is 2.58 bits per heavy atom. The van der Waals surface area contributed by atoms with Crippen LogP contribution < -0.4 is 5.73 Å². The van der Waals surface area contributed by atoms with Gasteiger partial charge in [0.25, 0.3) is 0 Å². The topological polar surface area (TPSA) is 35.2 Å². The van der Waals surface area contributed by atoms with Gasteiger partial charge in [0.15, 0.2) is 0 Å². The lowest BCUT2D eigenvalue weighted by atomic mass is 9.98. The Kier molecular flexibility index (Phi) is 2.54. The quantitative estimate of drug-likeness (QED) is 0.541. The summed E-state index contributed by atoms with van der Waals surface area (Å²) in [6.45, 7) is 4.10. The lowest BCUT2D eigenvalue weighted by Crippen LogP contribution is -2.20. The molecule has 1 rings (SSSR count). The molecule has 0 spiro atoms. The zero-order valence-corrected chi connectivity index (χ0v) is 9.79. The van der Waals surface area contributed by atoms with Gasteiger partial charge in [0.1, 0.15) is 10.5 Å². The Morgan fingerprint density at radius 1 is 1.42 bits per heavy atom. The van der Waals surface area contributed by atoms with Gasteiger partial charge >= 0.3 is 0 Å². The van der Waals surface area contributed by atoms with Gasteiger partial charge < -0.3 is 10.2 Å². The summed E-state index contributed by atoms with van der Waals surface area (Å²) in [5, 5.41) is 0. The highest BCUT2D eigenvalue weighted by atomic mass is 28.2. The molecule has 0 aliphatic carbocycles. The number of anilines is 1. The highest BCUT2D eigenvalue weighted by Gasteiger charge is 2.17. The monoisotopic (exact) mass is 181 g/mol. The predicted octanol–water partition coefficient (Wildman–Crippen LogP) is 0.801. The lowest BCUT2D eigenvalue weighted by Gasteiger charge is -2.24. The van der Waals surface area contributed by atoms with E-state index in [1.54, 1.807) is 0 Å². The second-order valence-electron chi connectivity index (χ2n) is 3.34. The fourth-order valence-electron chi connectivity index (χ4n) is 1.03. The van der Waals surface area contributed by atoms with Gasteiger partial charge in [0, 0.05) is 5.69 Å². The van der Waals surface area contributed by atoms with E-state index in [0.29, 0.717) is 0 Å². The molecule has 66 valence electrons. The van der Waals surface area contributed by atoms with Crippen LogP contribution in [0.2, 0.25) is 0 Å². The molecular formula is C9H15NOSi. The Labute approximate surface area is 76.3 Å². The van der Waals surface area contributed by atoms with Crippen molar-refractivity contribution in [2.24, 2.45) is 0 Å². The average molecular weight is 181 g/mol. The molecule has 12 heavy (non-hydrogen) atoms. The minimum Gasteiger partial charge on any atom is -0.419 e. The third-order valence-corrected chi connectivity index (χ3v) is 3.11. The summed E-state index contributed by atoms with van der Waals surface area (Å²) < 4.78 is 5.46. The van der Waals surface area contributed by atoms with Crippen LogP contribution in [0.15, 0.2) is 24.3 Å². The first kappa shape index (κ1) is 9.29. The summed E-state index contributed by atoms with van der Waals surface area (Å²) in [4.78, 5) is 0. The van der Waals surface area contributed by atoms with Crippen molar-refractivity contribution in [3.8, 4) is 0 Å². The van der Waals surface area contributed by atoms with Gasteiger partial charge in [0.05, 0.1) is 5.60 Å². The molecule has 0 bridgehead atoms. The van der Waals surface area contributed by atoms with Crippen molar-refractivity contribution in [3.05, 3.63) is 29.8 Å². The minimum absolute atomic E-state index is 0.193. The first-order valence-corrected chi connectivity index (χ1v) is 4.79. The van der Waals surface area contributed by atoms with E-state index in [4.69, 9.17) is 10.2 Å². The molecule has 1 aromatic carbocycles. The van der Waals surface area contributed by atoms with Crippen LogP contribution in [0.3, 0.4) is 0 Å². The van der Waals surface area contributed by atoms with Gasteiger partial charge in [-0.15, -0.1) is 0 Å². The second-order valence-corrected chi connectivity index (χ2v) is 3.75. The number of hydrogen-bond donors (Lipinski definition) is 1. The van der Waals surface area contributed by atoms with Crippen LogP contribution in [0.25, 0.3) is 0 Å². The summed E-state index contributed by atoms with van der Waals surface area (Å²) in [6.07, 6.45) is 0. The minimum atomic E-state index is -0.193. The van der Waals surface area contributed by atoms with E-state index in [0.717, 1.165) is 21.7 Å². The average Bonchev–Trinajstić information content (AvgIpc) is 2.05. The zero-order valence-electron chi connectivity index (χ0n) is 7.79. The Morgan fingerprint density at radius 2 is 2.08 bits per heavy atom. The molecule has 2 nitrogen and oxygen atoms in total. The van der Waals surface area contributed by atoms with Crippen LogP contribution in [-0.2, 0) is 10.0 Å². The van der Waals surface area contributed by atoms with Gasteiger partial charge in [0.2, 0.25) is 0 Å². The van der Waals surface area contributed by atoms with Crippen molar-refractivity contribution >= 4 is 16.2 Å². The lowest BCUT2D eigenvalue weighted by molar-refractivity contribution is 0.123. The Hall–Kier alpha value is -0.803. The van der Waals surface area contributed by atoms with E-state index in [-0.39, 0.29) is 5.60 Å². The van der Waals surface area contributed by atoms with E-state index >= 15 is 0 Å². The highest BCUT2D eigenvalue weighted by Crippen LogP contribution is 2.24. The molecule has 0 aliphatic heterocycles. The number of hydrogen-bond acceptors (Lipinski definition) is 2. The molecule has 0 aliphatic rings. The van der Waals surface area contributed by atoms with Crippen molar-refractivity contribution in [1.82, 2.24) is 0 Å². The molecule has 0 saturated heterocycles. The zero-order chi connectivity index (χ0) is 9.19. The van der Waals surface area contributed by atoms with Gasteiger partial charge in [-0.2, -0.15) is 0 Å². The molecule has 0 atom stereocenters. The standard InChI is InChI=1S/C9H15NOSi/c1-9(2,11-12)7-4-3-5-8(10)6-7/h3-6H,10H2,1-2,12H3. The highest BCUT2D eigenvalue weighted by molar-refractivity contribution is 5.98. The molecule has 0 fully saturated rings. The van der Waals surface area contributed by atoms with E-state index in [1.165, 1.54) is 0 Å². The molecule has 1 aromatic rings. The fraction of sp³-hybridized carbons (Fsp3) is 0.333. The number of nitrogen functional groups attached to an aromatic ring is 1. The summed E-state index contributed by atoms with van der Waals surface area (Å²) in [5.74, 6) is 0. The molecule has 0 heterocycles. The maximum Gasteiger partial charge on any atom is 0.147 e. The van der Waals surface area contributed by atoms with Crippen molar-refractivity contribution in [1.29, 1.82) is 0 Å². The maximum atomic E-state index is 5.67. The van der Waals surface area contributed by atoms with Crippen LogP contribution in [0, 0.1) is 0 Å². The van der Waals surface area contributed by atoms with E-state index in [9.17, 15) is 0 Å². The maximum absolute atomic E-state index is 5.67. The molecule has 0 unspecified atom stereocenters. The van der Waals surface area contributed by atoms with Crippen LogP contribution in [-0.4, -0.2) is 10.5 Å². The summed E-state index contributed by atoms with van der Waals surface area (Å²) in [5.41, 5.74) is 7.40. The number of nitrogens with two attached hydrogens (primary N) is 1. The van der Waals surface area contributed by atoms with Crippen molar-refractivity contribution in [3.63, 3.8) is 0 Å². The van der Waals surface area contributed by atoms with Crippen LogP contribution in [0.5, 0.6) is 0 Å². The molecule has 2 N–H and O–H groups in total. The SMILES string of the molecule is CC(C)(O[SiH3])c1cccc(N)c1. The van der Waals surface area contributed by atoms with Crippen molar-refractivity contribution in [2.45, 2.75) is 19.4 Å². The van der Waals surface area contributed by atoms with E-state index in [2.05, 4.69) is 13.8 Å². The summed E-state index contributed by atoms with van der Waals surface area (Å²) >= 11 is 0. The molecule has 0 saturated carbocycles. The van der Waals surface area contributed by atoms with E-state index < -0.39 is 0 Å². The third kappa shape index (κ3) is 1.87. The molecular weight excluding hydrogens is 166 g/mol. The normalized spacial score (nSPS) is 11.8. The summed E-state index contributed by atoms with van der Waals surface area (Å²) in [6, 6.07) is 7.83. The van der Waals surface area contributed by atoms with Crippen molar-refractivity contribution in [2.75, 3.05) is 5.73 Å². The first-order chi connectivity index (χ1) is 5.56. The van der Waals surface area contributed by atoms with E-state index in [1.807, 2.05) is 24.3 Å². The van der Waals surface area contributed by atoms with Crippen LogP contribution in [0.4, 0.5) is 5.69 Å². The van der Waals surface area contributed by atoms with Gasteiger partial charge in [-0.3, -0.25) is 0 Å². The van der Waals surface area contributed by atoms with Gasteiger partial charge in [-0.1, -0.05) is 12.1 Å². The van der Waals surface area contributed by atoms with Gasteiger partial charge in [-0.05, 0) is 31.5 Å². The third-order valence-electron chi connectivity index (χ3n) is 2.09. The Balaban J connectivity index is 3.03. The smallest absolute Gasteiger partial charge is 0.147 e. The largest absolute Gasteiger partial charge is 0.419 e. The van der Waals surface area contributed by atoms with Gasteiger partial charge in [-0.25, -0.2) is 0 Å². The predicted molar refractivity (Wildman–Crippen MR) is 54.9 cm³/mol. The van der Waals surface area contributed by atoms with Crippen LogP contribution in [0.1, 0.15) is 19.4 Å². The fourth-order valence-corrected chi connectivity index (χ4v) is 1.27. The first-order valence-electron chi connectivity index (χ1n) is 3.97. The molecule has 0 radical (unpaired) electrons. The van der Waals surface area contributed by atoms with Crippen LogP contribution >= 0.6 is 0 Å². The number of rotatable bonds is 2. The molecule has 0 amide bonds.